The van der Waals surface area contributed by atoms with Gasteiger partial charge in [-0.15, -0.1) is 0 Å². The molecule has 1 atom stereocenters. The Morgan fingerprint density at radius 3 is 2.38 bits per heavy atom. The standard InChI is InChI=1S/C17H14Cl2O5/c1-21-11-7-9-12(16(23-3)15(11)22-2)14(24-17(9)20)8-5-4-6-10(18)13(8)19/h4-7,14H,1-3H3/t14-/m0/s1. The third kappa shape index (κ3) is 2.44. The van der Waals surface area contributed by atoms with E-state index in [4.69, 9.17) is 42.1 Å². The molecular weight excluding hydrogens is 355 g/mol. The predicted octanol–water partition coefficient (Wildman–Crippen LogP) is 4.28. The van der Waals surface area contributed by atoms with Gasteiger partial charge < -0.3 is 18.9 Å². The van der Waals surface area contributed by atoms with E-state index in [0.717, 1.165) is 0 Å². The van der Waals surface area contributed by atoms with Crippen molar-refractivity contribution in [1.82, 2.24) is 0 Å². The predicted molar refractivity (Wildman–Crippen MR) is 89.8 cm³/mol. The summed E-state index contributed by atoms with van der Waals surface area (Å²) >= 11 is 12.4. The lowest BCUT2D eigenvalue weighted by molar-refractivity contribution is 0.0454. The third-order valence-corrected chi connectivity index (χ3v) is 4.67. The van der Waals surface area contributed by atoms with Crippen LogP contribution in [0.5, 0.6) is 17.2 Å². The van der Waals surface area contributed by atoms with Crippen molar-refractivity contribution in [2.24, 2.45) is 0 Å². The Kier molecular flexibility index (Phi) is 4.47. The highest BCUT2D eigenvalue weighted by molar-refractivity contribution is 6.42. The van der Waals surface area contributed by atoms with Gasteiger partial charge in [0, 0.05) is 5.56 Å². The molecule has 7 heteroatoms. The number of esters is 1. The smallest absolute Gasteiger partial charge is 0.339 e. The van der Waals surface area contributed by atoms with Crippen LogP contribution in [0.3, 0.4) is 0 Å². The number of carbonyl (C=O) groups is 1. The van der Waals surface area contributed by atoms with Gasteiger partial charge in [0.05, 0.1) is 42.5 Å². The zero-order valence-corrected chi connectivity index (χ0v) is 14.7. The van der Waals surface area contributed by atoms with Gasteiger partial charge in [-0.2, -0.15) is 0 Å². The summed E-state index contributed by atoms with van der Waals surface area (Å²) in [5.74, 6) is 0.618. The lowest BCUT2D eigenvalue weighted by atomic mass is 9.97. The van der Waals surface area contributed by atoms with Gasteiger partial charge in [0.15, 0.2) is 17.6 Å². The van der Waals surface area contributed by atoms with Crippen LogP contribution < -0.4 is 14.2 Å². The number of benzene rings is 2. The van der Waals surface area contributed by atoms with Gasteiger partial charge in [0.1, 0.15) is 0 Å². The number of hydrogen-bond acceptors (Lipinski definition) is 5. The summed E-state index contributed by atoms with van der Waals surface area (Å²) in [6.45, 7) is 0. The van der Waals surface area contributed by atoms with Gasteiger partial charge in [0.2, 0.25) is 5.75 Å². The number of hydrogen-bond donors (Lipinski definition) is 0. The Labute approximate surface area is 149 Å². The second-order valence-electron chi connectivity index (χ2n) is 5.03. The molecule has 0 N–H and O–H groups in total. The highest BCUT2D eigenvalue weighted by atomic mass is 35.5. The van der Waals surface area contributed by atoms with Crippen molar-refractivity contribution >= 4 is 29.2 Å². The summed E-state index contributed by atoms with van der Waals surface area (Å²) in [6, 6.07) is 6.72. The molecule has 1 aliphatic heterocycles. The molecule has 0 spiro atoms. The number of rotatable bonds is 4. The molecule has 0 saturated heterocycles. The monoisotopic (exact) mass is 368 g/mol. The number of ether oxygens (including phenoxy) is 4. The number of methoxy groups -OCH3 is 3. The fraction of sp³-hybridized carbons (Fsp3) is 0.235. The summed E-state index contributed by atoms with van der Waals surface area (Å²) < 4.78 is 21.7. The maximum atomic E-state index is 12.3. The molecule has 24 heavy (non-hydrogen) atoms. The first kappa shape index (κ1) is 16.7. The minimum Gasteiger partial charge on any atom is -0.493 e. The van der Waals surface area contributed by atoms with Crippen molar-refractivity contribution in [2.45, 2.75) is 6.10 Å². The molecule has 0 aromatic heterocycles. The molecule has 0 saturated carbocycles. The maximum Gasteiger partial charge on any atom is 0.339 e. The van der Waals surface area contributed by atoms with Crippen molar-refractivity contribution < 1.29 is 23.7 Å². The van der Waals surface area contributed by atoms with Gasteiger partial charge in [-0.1, -0.05) is 35.3 Å². The van der Waals surface area contributed by atoms with Crippen LogP contribution in [-0.2, 0) is 4.74 Å². The van der Waals surface area contributed by atoms with E-state index in [1.807, 2.05) is 0 Å². The Balaban J connectivity index is 2.28. The van der Waals surface area contributed by atoms with E-state index in [1.165, 1.54) is 21.3 Å². The summed E-state index contributed by atoms with van der Waals surface area (Å²) in [4.78, 5) is 12.3. The molecule has 2 aromatic carbocycles. The van der Waals surface area contributed by atoms with Crippen LogP contribution in [0.4, 0.5) is 0 Å². The minimum absolute atomic E-state index is 0.321. The molecule has 5 nitrogen and oxygen atoms in total. The number of fused-ring (bicyclic) bond motifs is 1. The molecule has 0 bridgehead atoms. The number of halogens is 2. The molecule has 0 amide bonds. The molecule has 3 rings (SSSR count). The molecule has 0 fully saturated rings. The van der Waals surface area contributed by atoms with Crippen molar-refractivity contribution in [1.29, 1.82) is 0 Å². The van der Waals surface area contributed by atoms with Gasteiger partial charge in [-0.3, -0.25) is 0 Å². The molecule has 0 radical (unpaired) electrons. The fourth-order valence-corrected chi connectivity index (χ4v) is 3.19. The molecule has 126 valence electrons. The number of cyclic esters (lactones) is 1. The first-order valence-electron chi connectivity index (χ1n) is 7.01. The van der Waals surface area contributed by atoms with Gasteiger partial charge in [0.25, 0.3) is 0 Å². The molecule has 1 heterocycles. The minimum atomic E-state index is -0.742. The van der Waals surface area contributed by atoms with E-state index in [9.17, 15) is 4.79 Å². The normalized spacial score (nSPS) is 15.7. The molecule has 2 aromatic rings. The molecule has 0 unspecified atom stereocenters. The van der Waals surface area contributed by atoms with E-state index < -0.39 is 12.1 Å². The lowest BCUT2D eigenvalue weighted by Gasteiger charge is -2.18. The Hall–Kier alpha value is -2.11. The quantitative estimate of drug-likeness (QED) is 0.753. The summed E-state index contributed by atoms with van der Waals surface area (Å²) in [5, 5.41) is 0.694. The van der Waals surface area contributed by atoms with E-state index in [2.05, 4.69) is 0 Å². The Morgan fingerprint density at radius 1 is 1.04 bits per heavy atom. The average molecular weight is 369 g/mol. The highest BCUT2D eigenvalue weighted by Crippen LogP contribution is 2.51. The van der Waals surface area contributed by atoms with E-state index in [-0.39, 0.29) is 0 Å². The molecule has 0 aliphatic carbocycles. The van der Waals surface area contributed by atoms with Crippen LogP contribution >= 0.6 is 23.2 Å². The topological polar surface area (TPSA) is 54.0 Å². The van der Waals surface area contributed by atoms with E-state index in [1.54, 1.807) is 24.3 Å². The summed E-state index contributed by atoms with van der Waals surface area (Å²) in [6.07, 6.45) is -0.742. The second kappa shape index (κ2) is 6.42. The van der Waals surface area contributed by atoms with Crippen molar-refractivity contribution in [3.63, 3.8) is 0 Å². The van der Waals surface area contributed by atoms with Crippen LogP contribution in [0, 0.1) is 0 Å². The first-order chi connectivity index (χ1) is 11.5. The zero-order valence-electron chi connectivity index (χ0n) is 13.2. The fourth-order valence-electron chi connectivity index (χ4n) is 2.78. The van der Waals surface area contributed by atoms with Crippen LogP contribution in [0.25, 0.3) is 0 Å². The van der Waals surface area contributed by atoms with Crippen molar-refractivity contribution in [2.75, 3.05) is 21.3 Å². The number of carbonyl (C=O) groups excluding carboxylic acids is 1. The zero-order chi connectivity index (χ0) is 17.4. The average Bonchev–Trinajstić information content (AvgIpc) is 2.92. The Morgan fingerprint density at radius 2 is 1.75 bits per heavy atom. The summed E-state index contributed by atoms with van der Waals surface area (Å²) in [5.41, 5.74) is 1.44. The maximum absolute atomic E-state index is 12.3. The van der Waals surface area contributed by atoms with Crippen LogP contribution in [-0.4, -0.2) is 27.3 Å². The highest BCUT2D eigenvalue weighted by Gasteiger charge is 2.39. The van der Waals surface area contributed by atoms with Crippen molar-refractivity contribution in [3.8, 4) is 17.2 Å². The molecule has 1 aliphatic rings. The lowest BCUT2D eigenvalue weighted by Crippen LogP contribution is -2.04. The van der Waals surface area contributed by atoms with Gasteiger partial charge in [-0.25, -0.2) is 4.79 Å². The SMILES string of the molecule is COc1cc2c(c(OC)c1OC)[C@H](c1cccc(Cl)c1Cl)OC2=O. The first-order valence-corrected chi connectivity index (χ1v) is 7.76. The Bertz CT molecular complexity index is 819. The van der Waals surface area contributed by atoms with Gasteiger partial charge in [-0.05, 0) is 12.1 Å². The largest absolute Gasteiger partial charge is 0.493 e. The summed E-state index contributed by atoms with van der Waals surface area (Å²) in [7, 11) is 4.46. The molecular formula is C17H14Cl2O5. The van der Waals surface area contributed by atoms with E-state index >= 15 is 0 Å². The third-order valence-electron chi connectivity index (χ3n) is 3.84. The van der Waals surface area contributed by atoms with Crippen LogP contribution in [0.15, 0.2) is 24.3 Å². The van der Waals surface area contributed by atoms with Crippen LogP contribution in [0.2, 0.25) is 10.0 Å². The second-order valence-corrected chi connectivity index (χ2v) is 5.82. The van der Waals surface area contributed by atoms with Crippen molar-refractivity contribution in [3.05, 3.63) is 51.0 Å². The van der Waals surface area contributed by atoms with E-state index in [0.29, 0.717) is 44.0 Å². The van der Waals surface area contributed by atoms with Crippen LogP contribution in [0.1, 0.15) is 27.6 Å². The van der Waals surface area contributed by atoms with Gasteiger partial charge >= 0.3 is 5.97 Å².